The van der Waals surface area contributed by atoms with Crippen molar-refractivity contribution in [3.8, 4) is 0 Å². The van der Waals surface area contributed by atoms with Gasteiger partial charge in [0.05, 0.1) is 18.9 Å². The highest BCUT2D eigenvalue weighted by atomic mass is 16.5. The van der Waals surface area contributed by atoms with Gasteiger partial charge in [0.15, 0.2) is 0 Å². The first kappa shape index (κ1) is 20.2. The number of urea groups is 1. The van der Waals surface area contributed by atoms with Gasteiger partial charge in [0.2, 0.25) is 0 Å². The third-order valence-electron chi connectivity index (χ3n) is 6.91. The molecule has 8 nitrogen and oxygen atoms in total. The number of benzene rings is 1. The fourth-order valence-electron chi connectivity index (χ4n) is 5.18. The van der Waals surface area contributed by atoms with Crippen LogP contribution in [-0.2, 0) is 17.6 Å². The number of anilines is 2. The predicted octanol–water partition coefficient (Wildman–Crippen LogP) is 3.60. The molecule has 8 heteroatoms. The molecule has 2 amide bonds. The number of amides is 2. The van der Waals surface area contributed by atoms with Gasteiger partial charge in [0.1, 0.15) is 12.0 Å². The van der Waals surface area contributed by atoms with Crippen LogP contribution in [-0.4, -0.2) is 65.3 Å². The van der Waals surface area contributed by atoms with Crippen LogP contribution in [0.3, 0.4) is 0 Å². The Kier molecular flexibility index (Phi) is 5.22. The number of carbonyl (C=O) groups excluding carboxylic acids is 1. The molecule has 0 bridgehead atoms. The van der Waals surface area contributed by atoms with Crippen molar-refractivity contribution < 1.29 is 9.53 Å². The molecule has 33 heavy (non-hydrogen) atoms. The van der Waals surface area contributed by atoms with Gasteiger partial charge in [0.25, 0.3) is 0 Å². The van der Waals surface area contributed by atoms with Crippen molar-refractivity contribution in [1.29, 1.82) is 0 Å². The van der Waals surface area contributed by atoms with Gasteiger partial charge in [0, 0.05) is 48.6 Å². The summed E-state index contributed by atoms with van der Waals surface area (Å²) in [6.45, 7) is 4.46. The van der Waals surface area contributed by atoms with Gasteiger partial charge in [-0.3, -0.25) is 0 Å². The standard InChI is InChI=1S/C25H28N6O2/c32-25(28-18-3-1-4-19(15-18)30-11-13-33-14-12-30)31-9-7-17(8-10-31)23-22-20-5-2-6-21(20)29-24(22)27-16-26-23/h1,3-4,7,15-16H,2,5-6,8-14H2,(H,28,32)(H,26,27,29). The Bertz CT molecular complexity index is 1230. The zero-order chi connectivity index (χ0) is 22.2. The van der Waals surface area contributed by atoms with Crippen LogP contribution < -0.4 is 10.2 Å². The van der Waals surface area contributed by atoms with E-state index in [0.29, 0.717) is 13.1 Å². The summed E-state index contributed by atoms with van der Waals surface area (Å²) in [5, 5.41) is 4.25. The summed E-state index contributed by atoms with van der Waals surface area (Å²) in [5.74, 6) is 0. The van der Waals surface area contributed by atoms with Gasteiger partial charge in [-0.1, -0.05) is 12.1 Å². The van der Waals surface area contributed by atoms with Crippen molar-refractivity contribution in [2.45, 2.75) is 25.7 Å². The topological polar surface area (TPSA) is 86.4 Å². The molecule has 2 aliphatic heterocycles. The van der Waals surface area contributed by atoms with Crippen molar-refractivity contribution in [2.24, 2.45) is 0 Å². The van der Waals surface area contributed by atoms with Crippen LogP contribution in [0.2, 0.25) is 0 Å². The molecule has 1 saturated heterocycles. The van der Waals surface area contributed by atoms with Gasteiger partial charge < -0.3 is 24.8 Å². The maximum atomic E-state index is 12.9. The van der Waals surface area contributed by atoms with E-state index in [1.807, 2.05) is 23.1 Å². The van der Waals surface area contributed by atoms with E-state index in [1.54, 1.807) is 6.33 Å². The fraction of sp³-hybridized carbons (Fsp3) is 0.400. The second-order valence-electron chi connectivity index (χ2n) is 8.89. The highest BCUT2D eigenvalue weighted by Crippen LogP contribution is 2.34. The van der Waals surface area contributed by atoms with Crippen molar-refractivity contribution in [1.82, 2.24) is 19.9 Å². The number of ether oxygens (including phenoxy) is 1. The summed E-state index contributed by atoms with van der Waals surface area (Å²) in [7, 11) is 0. The molecule has 0 spiro atoms. The molecule has 1 fully saturated rings. The lowest BCUT2D eigenvalue weighted by molar-refractivity contribution is 0.122. The highest BCUT2D eigenvalue weighted by Gasteiger charge is 2.24. The molecule has 3 aromatic rings. The normalized spacial score (nSPS) is 18.4. The number of fused-ring (bicyclic) bond motifs is 3. The molecule has 0 saturated carbocycles. The molecule has 170 valence electrons. The first-order valence-corrected chi connectivity index (χ1v) is 11.8. The number of aromatic nitrogens is 3. The summed E-state index contributed by atoms with van der Waals surface area (Å²) in [4.78, 5) is 29.6. The minimum Gasteiger partial charge on any atom is -0.378 e. The lowest BCUT2D eigenvalue weighted by Gasteiger charge is -2.29. The minimum absolute atomic E-state index is 0.0696. The monoisotopic (exact) mass is 444 g/mol. The summed E-state index contributed by atoms with van der Waals surface area (Å²) in [6.07, 6.45) is 7.93. The van der Waals surface area contributed by atoms with Gasteiger partial charge in [-0.05, 0) is 55.0 Å². The van der Waals surface area contributed by atoms with E-state index >= 15 is 0 Å². The zero-order valence-electron chi connectivity index (χ0n) is 18.6. The number of aromatic amines is 1. The molecule has 1 aliphatic carbocycles. The average Bonchev–Trinajstić information content (AvgIpc) is 3.46. The largest absolute Gasteiger partial charge is 0.378 e. The third kappa shape index (κ3) is 3.84. The Morgan fingerprint density at radius 1 is 1.09 bits per heavy atom. The second-order valence-corrected chi connectivity index (χ2v) is 8.89. The fourth-order valence-corrected chi connectivity index (χ4v) is 5.18. The molecule has 2 N–H and O–H groups in total. The smallest absolute Gasteiger partial charge is 0.322 e. The van der Waals surface area contributed by atoms with Gasteiger partial charge in [-0.15, -0.1) is 0 Å². The van der Waals surface area contributed by atoms with Crippen molar-refractivity contribution in [3.05, 3.63) is 53.6 Å². The Labute approximate surface area is 192 Å². The summed E-state index contributed by atoms with van der Waals surface area (Å²) in [5.41, 5.74) is 7.78. The van der Waals surface area contributed by atoms with Gasteiger partial charge in [-0.2, -0.15) is 0 Å². The van der Waals surface area contributed by atoms with E-state index in [9.17, 15) is 4.79 Å². The molecule has 0 unspecified atom stereocenters. The second kappa shape index (κ2) is 8.51. The molecule has 6 rings (SSSR count). The van der Waals surface area contributed by atoms with E-state index in [0.717, 1.165) is 68.3 Å². The van der Waals surface area contributed by atoms with Crippen LogP contribution >= 0.6 is 0 Å². The van der Waals surface area contributed by atoms with Crippen molar-refractivity contribution in [2.75, 3.05) is 49.6 Å². The Balaban J connectivity index is 1.16. The van der Waals surface area contributed by atoms with E-state index in [-0.39, 0.29) is 6.03 Å². The number of carbonyl (C=O) groups is 1. The zero-order valence-corrected chi connectivity index (χ0v) is 18.6. The number of hydrogen-bond donors (Lipinski definition) is 2. The van der Waals surface area contributed by atoms with Gasteiger partial charge >= 0.3 is 6.03 Å². The molecule has 3 aliphatic rings. The first-order valence-electron chi connectivity index (χ1n) is 11.8. The molecule has 4 heterocycles. The number of rotatable bonds is 3. The van der Waals surface area contributed by atoms with E-state index in [2.05, 4.69) is 37.3 Å². The molecule has 0 atom stereocenters. The Hall–Kier alpha value is -3.39. The maximum Gasteiger partial charge on any atom is 0.322 e. The van der Waals surface area contributed by atoms with Crippen LogP contribution in [0.15, 0.2) is 36.7 Å². The number of hydrogen-bond acceptors (Lipinski definition) is 5. The number of aryl methyl sites for hydroxylation is 2. The van der Waals surface area contributed by atoms with E-state index in [1.165, 1.54) is 28.6 Å². The summed E-state index contributed by atoms with van der Waals surface area (Å²) >= 11 is 0. The first-order chi connectivity index (χ1) is 16.3. The number of morpholine rings is 1. The van der Waals surface area contributed by atoms with Crippen LogP contribution in [0.1, 0.15) is 29.8 Å². The van der Waals surface area contributed by atoms with Crippen molar-refractivity contribution in [3.63, 3.8) is 0 Å². The minimum atomic E-state index is -0.0696. The maximum absolute atomic E-state index is 12.9. The number of H-pyrrole nitrogens is 1. The van der Waals surface area contributed by atoms with Crippen LogP contribution in [0.4, 0.5) is 16.2 Å². The van der Waals surface area contributed by atoms with Crippen molar-refractivity contribution >= 4 is 34.0 Å². The SMILES string of the molecule is O=C(Nc1cccc(N2CCOCC2)c1)N1CC=C(c2ncnc3[nH]c4c(c23)CCC4)CC1. The molecule has 0 radical (unpaired) electrons. The summed E-state index contributed by atoms with van der Waals surface area (Å²) < 4.78 is 5.44. The van der Waals surface area contributed by atoms with Crippen LogP contribution in [0.5, 0.6) is 0 Å². The molecular formula is C25H28N6O2. The van der Waals surface area contributed by atoms with E-state index in [4.69, 9.17) is 4.74 Å². The Morgan fingerprint density at radius 3 is 2.85 bits per heavy atom. The Morgan fingerprint density at radius 2 is 2.00 bits per heavy atom. The van der Waals surface area contributed by atoms with Gasteiger partial charge in [-0.25, -0.2) is 14.8 Å². The van der Waals surface area contributed by atoms with Crippen LogP contribution in [0.25, 0.3) is 16.6 Å². The number of nitrogens with zero attached hydrogens (tertiary/aromatic N) is 4. The van der Waals surface area contributed by atoms with E-state index < -0.39 is 0 Å². The molecule has 1 aromatic carbocycles. The number of nitrogens with one attached hydrogen (secondary N) is 2. The molecular weight excluding hydrogens is 416 g/mol. The predicted molar refractivity (Wildman–Crippen MR) is 129 cm³/mol. The summed E-state index contributed by atoms with van der Waals surface area (Å²) in [6, 6.07) is 7.98. The molecule has 2 aromatic heterocycles. The quantitative estimate of drug-likeness (QED) is 0.645. The third-order valence-corrected chi connectivity index (χ3v) is 6.91. The van der Waals surface area contributed by atoms with Crippen LogP contribution in [0, 0.1) is 0 Å². The lowest BCUT2D eigenvalue weighted by Crippen LogP contribution is -2.38. The highest BCUT2D eigenvalue weighted by molar-refractivity contribution is 5.94. The lowest BCUT2D eigenvalue weighted by atomic mass is 10.00. The average molecular weight is 445 g/mol.